The van der Waals surface area contributed by atoms with Gasteiger partial charge < -0.3 is 5.32 Å². The van der Waals surface area contributed by atoms with E-state index in [9.17, 15) is 14.9 Å². The van der Waals surface area contributed by atoms with Crippen molar-refractivity contribution in [1.29, 1.82) is 5.26 Å². The molecule has 0 aromatic heterocycles. The van der Waals surface area contributed by atoms with Gasteiger partial charge in [0.15, 0.2) is 0 Å². The smallest absolute Gasteiger partial charge is 0.269 e. The number of hydrogen-bond donors (Lipinski definition) is 1. The summed E-state index contributed by atoms with van der Waals surface area (Å²) in [4.78, 5) is 28.3. The van der Waals surface area contributed by atoms with Crippen LogP contribution in [-0.2, 0) is 22.4 Å². The Kier molecular flexibility index (Phi) is 8.94. The molecule has 37 heavy (non-hydrogen) atoms. The van der Waals surface area contributed by atoms with Crippen LogP contribution in [0.1, 0.15) is 30.9 Å². The molecule has 2 amide bonds. The number of nitriles is 1. The van der Waals surface area contributed by atoms with Crippen molar-refractivity contribution in [3.05, 3.63) is 105 Å². The number of hydrogen-bond acceptors (Lipinski definition) is 4. The van der Waals surface area contributed by atoms with Crippen LogP contribution in [0, 0.1) is 11.3 Å². The summed E-state index contributed by atoms with van der Waals surface area (Å²) in [6, 6.07) is 24.0. The van der Waals surface area contributed by atoms with Crippen molar-refractivity contribution >= 4 is 58.2 Å². The van der Waals surface area contributed by atoms with Gasteiger partial charge in [0.2, 0.25) is 5.91 Å². The molecule has 0 radical (unpaired) electrons. The van der Waals surface area contributed by atoms with Crippen molar-refractivity contribution in [3.8, 4) is 6.07 Å². The van der Waals surface area contributed by atoms with Gasteiger partial charge in [0.25, 0.3) is 5.91 Å². The Bertz CT molecular complexity index is 1370. The maximum absolute atomic E-state index is 13.6. The lowest BCUT2D eigenvalue weighted by Crippen LogP contribution is -2.30. The first kappa shape index (κ1) is 26.8. The molecule has 1 heterocycles. The predicted octanol–water partition coefficient (Wildman–Crippen LogP) is 7.40. The van der Waals surface area contributed by atoms with E-state index in [1.807, 2.05) is 36.4 Å². The van der Waals surface area contributed by atoms with Crippen molar-refractivity contribution < 1.29 is 9.59 Å². The van der Waals surface area contributed by atoms with E-state index in [0.717, 1.165) is 24.8 Å². The number of para-hydroxylation sites is 1. The number of benzene rings is 3. The number of halogens is 2. The molecule has 1 aliphatic heterocycles. The molecule has 0 saturated carbocycles. The number of thioether (sulfide) groups is 1. The van der Waals surface area contributed by atoms with Crippen LogP contribution in [0.3, 0.4) is 0 Å². The summed E-state index contributed by atoms with van der Waals surface area (Å²) in [6.07, 6.45) is 3.78. The molecule has 1 aliphatic rings. The van der Waals surface area contributed by atoms with E-state index in [-0.39, 0.29) is 16.5 Å². The van der Waals surface area contributed by atoms with E-state index in [0.29, 0.717) is 27.8 Å². The van der Waals surface area contributed by atoms with Gasteiger partial charge in [0.05, 0.1) is 16.0 Å². The fraction of sp³-hybridized carbons (Fsp3) is 0.207. The Morgan fingerprint density at radius 2 is 1.76 bits per heavy atom. The number of aryl methyl sites for hydroxylation is 1. The maximum Gasteiger partial charge on any atom is 0.269 e. The van der Waals surface area contributed by atoms with Crippen LogP contribution in [0.4, 0.5) is 11.4 Å². The highest BCUT2D eigenvalue weighted by atomic mass is 35.5. The normalized spacial score (nSPS) is 16.4. The third-order valence-electron chi connectivity index (χ3n) is 5.96. The Morgan fingerprint density at radius 3 is 2.41 bits per heavy atom. The zero-order valence-electron chi connectivity index (χ0n) is 20.2. The van der Waals surface area contributed by atoms with E-state index in [2.05, 4.69) is 24.4 Å². The maximum atomic E-state index is 13.6. The minimum Gasteiger partial charge on any atom is -0.320 e. The summed E-state index contributed by atoms with van der Waals surface area (Å²) in [5.74, 6) is -0.824. The number of rotatable bonds is 8. The zero-order valence-corrected chi connectivity index (χ0v) is 22.5. The lowest BCUT2D eigenvalue weighted by molar-refractivity contribution is -0.117. The van der Waals surface area contributed by atoms with Crippen LogP contribution in [0.25, 0.3) is 0 Å². The molecular weight excluding hydrogens is 525 g/mol. The molecule has 4 rings (SSSR count). The van der Waals surface area contributed by atoms with Crippen LogP contribution < -0.4 is 10.2 Å². The Hall–Kier alpha value is -3.24. The molecule has 1 saturated heterocycles. The predicted molar refractivity (Wildman–Crippen MR) is 152 cm³/mol. The topological polar surface area (TPSA) is 73.2 Å². The largest absolute Gasteiger partial charge is 0.320 e. The van der Waals surface area contributed by atoms with E-state index in [1.54, 1.807) is 24.3 Å². The van der Waals surface area contributed by atoms with E-state index < -0.39 is 11.2 Å². The van der Waals surface area contributed by atoms with E-state index in [4.69, 9.17) is 23.2 Å². The van der Waals surface area contributed by atoms with Gasteiger partial charge >= 0.3 is 0 Å². The Morgan fingerprint density at radius 1 is 1.05 bits per heavy atom. The minimum absolute atomic E-state index is 0.161. The average Bonchev–Trinajstić information content (AvgIpc) is 3.21. The van der Waals surface area contributed by atoms with Crippen LogP contribution in [0.5, 0.6) is 0 Å². The first-order valence-electron chi connectivity index (χ1n) is 12.0. The Balaban J connectivity index is 1.65. The molecule has 0 bridgehead atoms. The number of nitrogens with zero attached hydrogens (tertiary/aromatic N) is 2. The number of carbonyl (C=O) groups is 2. The molecular formula is C29H25Cl2N3O2S. The summed E-state index contributed by atoms with van der Waals surface area (Å²) in [7, 11) is 0. The molecule has 1 unspecified atom stereocenters. The van der Waals surface area contributed by atoms with Gasteiger partial charge in [0, 0.05) is 10.7 Å². The minimum atomic E-state index is -0.649. The fourth-order valence-corrected chi connectivity index (χ4v) is 5.78. The van der Waals surface area contributed by atoms with Crippen LogP contribution in [-0.4, -0.2) is 17.1 Å². The SMILES string of the molecule is CCCCc1ccc(CC2S/C(=C(/C#N)C(=O)Nc3ccc(Cl)cc3Cl)N(c3ccccc3)C2=O)cc1. The van der Waals surface area contributed by atoms with Gasteiger partial charge in [-0.3, -0.25) is 14.5 Å². The van der Waals surface area contributed by atoms with Crippen molar-refractivity contribution in [3.63, 3.8) is 0 Å². The molecule has 1 fully saturated rings. The first-order chi connectivity index (χ1) is 17.9. The number of unbranched alkanes of at least 4 members (excludes halogenated alkanes) is 1. The highest BCUT2D eigenvalue weighted by molar-refractivity contribution is 8.05. The van der Waals surface area contributed by atoms with Crippen LogP contribution >= 0.6 is 35.0 Å². The van der Waals surface area contributed by atoms with Crippen molar-refractivity contribution in [1.82, 2.24) is 0 Å². The summed E-state index contributed by atoms with van der Waals surface area (Å²) < 4.78 is 0. The van der Waals surface area contributed by atoms with Gasteiger partial charge in [-0.25, -0.2) is 0 Å². The second-order valence-corrected chi connectivity index (χ2v) is 10.6. The molecule has 1 N–H and O–H groups in total. The van der Waals surface area contributed by atoms with E-state index in [1.165, 1.54) is 28.3 Å². The van der Waals surface area contributed by atoms with Crippen molar-refractivity contribution in [2.45, 2.75) is 37.9 Å². The standard InChI is InChI=1S/C29H25Cl2N3O2S/c1-2-3-7-19-10-12-20(13-11-19)16-26-28(36)34(22-8-5-4-6-9-22)29(37-26)23(18-32)27(35)33-25-15-14-21(30)17-24(25)31/h4-6,8-15,17,26H,2-3,7,16H2,1H3,(H,33,35)/b29-23-. The van der Waals surface area contributed by atoms with Gasteiger partial charge in [-0.2, -0.15) is 5.26 Å². The van der Waals surface area contributed by atoms with Crippen LogP contribution in [0.2, 0.25) is 10.0 Å². The Labute approximate surface area is 231 Å². The van der Waals surface area contributed by atoms with Gasteiger partial charge in [-0.15, -0.1) is 0 Å². The molecule has 1 atom stereocenters. The number of nitrogens with one attached hydrogen (secondary N) is 1. The highest BCUT2D eigenvalue weighted by Crippen LogP contribution is 2.42. The van der Waals surface area contributed by atoms with Crippen LogP contribution in [0.15, 0.2) is 83.4 Å². The lowest BCUT2D eigenvalue weighted by atomic mass is 10.0. The third-order valence-corrected chi connectivity index (χ3v) is 7.77. The van der Waals surface area contributed by atoms with E-state index >= 15 is 0 Å². The summed E-state index contributed by atoms with van der Waals surface area (Å²) >= 11 is 13.4. The molecule has 8 heteroatoms. The van der Waals surface area contributed by atoms with Gasteiger partial charge in [-0.1, -0.05) is 90.8 Å². The first-order valence-corrected chi connectivity index (χ1v) is 13.6. The summed E-state index contributed by atoms with van der Waals surface area (Å²) in [5.41, 5.74) is 3.05. The quantitative estimate of drug-likeness (QED) is 0.234. The van der Waals surface area contributed by atoms with Crippen molar-refractivity contribution in [2.24, 2.45) is 0 Å². The molecule has 188 valence electrons. The number of amides is 2. The number of anilines is 2. The molecule has 3 aromatic carbocycles. The average molecular weight is 551 g/mol. The lowest BCUT2D eigenvalue weighted by Gasteiger charge is -2.18. The highest BCUT2D eigenvalue weighted by Gasteiger charge is 2.40. The second-order valence-electron chi connectivity index (χ2n) is 8.61. The monoisotopic (exact) mass is 549 g/mol. The number of carbonyl (C=O) groups excluding carboxylic acids is 2. The second kappa shape index (κ2) is 12.3. The van der Waals surface area contributed by atoms with Gasteiger partial charge in [0.1, 0.15) is 16.7 Å². The van der Waals surface area contributed by atoms with Crippen molar-refractivity contribution in [2.75, 3.05) is 10.2 Å². The molecule has 0 aliphatic carbocycles. The summed E-state index contributed by atoms with van der Waals surface area (Å²) in [6.45, 7) is 2.17. The molecule has 3 aromatic rings. The van der Waals surface area contributed by atoms with Gasteiger partial charge in [-0.05, 0) is 60.7 Å². The molecule has 5 nitrogen and oxygen atoms in total. The summed E-state index contributed by atoms with van der Waals surface area (Å²) in [5, 5.41) is 13.2. The molecule has 0 spiro atoms. The third kappa shape index (κ3) is 6.37. The zero-order chi connectivity index (χ0) is 26.4. The fourth-order valence-electron chi connectivity index (χ4n) is 4.01.